The molecule has 1 saturated carbocycles. The number of aromatic nitrogens is 3. The Labute approximate surface area is 210 Å². The van der Waals surface area contributed by atoms with Crippen molar-refractivity contribution in [3.63, 3.8) is 0 Å². The summed E-state index contributed by atoms with van der Waals surface area (Å²) in [7, 11) is 3.19. The Morgan fingerprint density at radius 3 is 2.51 bits per heavy atom. The molecule has 0 spiro atoms. The summed E-state index contributed by atoms with van der Waals surface area (Å²) < 4.78 is 12.7. The van der Waals surface area contributed by atoms with E-state index in [2.05, 4.69) is 16.3 Å². The van der Waals surface area contributed by atoms with Crippen molar-refractivity contribution in [2.45, 2.75) is 50.2 Å². The van der Waals surface area contributed by atoms with Crippen LogP contribution in [0.3, 0.4) is 0 Å². The van der Waals surface area contributed by atoms with Crippen molar-refractivity contribution in [2.75, 3.05) is 20.8 Å². The zero-order chi connectivity index (χ0) is 24.6. The number of rotatable bonds is 6. The predicted octanol–water partition coefficient (Wildman–Crippen LogP) is 3.80. The minimum atomic E-state index is -0.0964. The van der Waals surface area contributed by atoms with E-state index < -0.39 is 0 Å². The van der Waals surface area contributed by atoms with E-state index in [1.54, 1.807) is 14.2 Å². The Hall–Kier alpha value is -3.10. The Morgan fingerprint density at radius 1 is 1.06 bits per heavy atom. The van der Waals surface area contributed by atoms with Crippen molar-refractivity contribution >= 4 is 17.5 Å². The maximum atomic E-state index is 13.3. The maximum absolute atomic E-state index is 13.3. The summed E-state index contributed by atoms with van der Waals surface area (Å²) in [6.45, 7) is 1.24. The van der Waals surface area contributed by atoms with Gasteiger partial charge < -0.3 is 20.1 Å². The number of benzene rings is 2. The molecule has 2 heterocycles. The second kappa shape index (κ2) is 9.51. The first-order valence-electron chi connectivity index (χ1n) is 11.9. The molecule has 3 aromatic rings. The van der Waals surface area contributed by atoms with Crippen LogP contribution in [-0.2, 0) is 23.3 Å². The van der Waals surface area contributed by atoms with Crippen LogP contribution in [0.15, 0.2) is 42.5 Å². The second-order valence-corrected chi connectivity index (χ2v) is 9.78. The number of halogens is 1. The first-order chi connectivity index (χ1) is 17.0. The molecule has 0 atom stereocenters. The molecule has 0 saturated heterocycles. The first kappa shape index (κ1) is 23.6. The molecule has 2 aliphatic rings. The van der Waals surface area contributed by atoms with E-state index in [1.165, 1.54) is 5.56 Å². The minimum Gasteiger partial charge on any atom is -0.493 e. The summed E-state index contributed by atoms with van der Waals surface area (Å²) in [6.07, 6.45) is 3.63. The van der Waals surface area contributed by atoms with E-state index in [1.807, 2.05) is 45.9 Å². The molecule has 1 aliphatic carbocycles. The zero-order valence-electron chi connectivity index (χ0n) is 20.0. The van der Waals surface area contributed by atoms with Gasteiger partial charge in [0, 0.05) is 28.6 Å². The lowest BCUT2D eigenvalue weighted by atomic mass is 9.68. The number of hydrogen-bond acceptors (Lipinski definition) is 6. The highest BCUT2D eigenvalue weighted by Gasteiger charge is 2.40. The minimum absolute atomic E-state index is 0.0898. The molecule has 1 aromatic heterocycles. The quantitative estimate of drug-likeness (QED) is 0.559. The van der Waals surface area contributed by atoms with Gasteiger partial charge in [0.1, 0.15) is 6.54 Å². The number of ether oxygens (including phenoxy) is 2. The number of hydrogen-bond donors (Lipinski definition) is 1. The molecule has 35 heavy (non-hydrogen) atoms. The summed E-state index contributed by atoms with van der Waals surface area (Å²) >= 11 is 6.26. The third kappa shape index (κ3) is 4.25. The number of nitrogens with two attached hydrogens (primary N) is 1. The van der Waals surface area contributed by atoms with Gasteiger partial charge in [0.25, 0.3) is 0 Å². The summed E-state index contributed by atoms with van der Waals surface area (Å²) in [5.74, 6) is 2.78. The largest absolute Gasteiger partial charge is 0.493 e. The third-order valence-electron chi connectivity index (χ3n) is 7.58. The second-order valence-electron chi connectivity index (χ2n) is 9.34. The highest BCUT2D eigenvalue weighted by Crippen LogP contribution is 2.41. The van der Waals surface area contributed by atoms with Crippen molar-refractivity contribution in [1.29, 1.82) is 0 Å². The number of carbonyl (C=O) groups is 1. The standard InChI is InChI=1S/C26H30ClN5O3/c1-34-21-7-6-17(12-22(21)35-2)25-30-29-23-14-31(24(33)15-32(23)25)20-8-10-26(16-28,11-9-20)18-4-3-5-19(27)13-18/h3-7,12-13,20H,8-11,14-16,28H2,1-2H3/t20-,26+. The fourth-order valence-corrected chi connectivity index (χ4v) is 5.69. The van der Waals surface area contributed by atoms with Gasteiger partial charge in [0.2, 0.25) is 5.91 Å². The fourth-order valence-electron chi connectivity index (χ4n) is 5.50. The normalized spacial score (nSPS) is 22.1. The van der Waals surface area contributed by atoms with Gasteiger partial charge in [-0.15, -0.1) is 10.2 Å². The van der Waals surface area contributed by atoms with Gasteiger partial charge in [-0.25, -0.2) is 0 Å². The Morgan fingerprint density at radius 2 is 1.83 bits per heavy atom. The van der Waals surface area contributed by atoms with Gasteiger partial charge in [0.15, 0.2) is 23.1 Å². The van der Waals surface area contributed by atoms with Gasteiger partial charge in [-0.1, -0.05) is 23.7 Å². The molecule has 2 aromatic carbocycles. The van der Waals surface area contributed by atoms with Crippen LogP contribution < -0.4 is 15.2 Å². The van der Waals surface area contributed by atoms with Gasteiger partial charge in [-0.2, -0.15) is 0 Å². The average molecular weight is 496 g/mol. The van der Waals surface area contributed by atoms with Crippen molar-refractivity contribution < 1.29 is 14.3 Å². The highest BCUT2D eigenvalue weighted by molar-refractivity contribution is 6.30. The van der Waals surface area contributed by atoms with E-state index in [-0.39, 0.29) is 23.9 Å². The van der Waals surface area contributed by atoms with E-state index in [0.717, 1.165) is 42.1 Å². The van der Waals surface area contributed by atoms with Crippen LogP contribution in [-0.4, -0.2) is 52.4 Å². The number of methoxy groups -OCH3 is 2. The number of carbonyl (C=O) groups excluding carboxylic acids is 1. The van der Waals surface area contributed by atoms with Crippen LogP contribution in [0, 0.1) is 0 Å². The molecule has 0 unspecified atom stereocenters. The van der Waals surface area contributed by atoms with Crippen LogP contribution in [0.4, 0.5) is 0 Å². The molecule has 0 radical (unpaired) electrons. The number of amides is 1. The van der Waals surface area contributed by atoms with Crippen molar-refractivity contribution in [3.05, 3.63) is 58.9 Å². The topological polar surface area (TPSA) is 95.5 Å². The lowest BCUT2D eigenvalue weighted by Crippen LogP contribution is -2.50. The molecular weight excluding hydrogens is 466 g/mol. The summed E-state index contributed by atoms with van der Waals surface area (Å²) in [4.78, 5) is 15.2. The molecule has 9 heteroatoms. The first-order valence-corrected chi connectivity index (χ1v) is 12.3. The van der Waals surface area contributed by atoms with Gasteiger partial charge in [0.05, 0.1) is 20.8 Å². The van der Waals surface area contributed by atoms with E-state index in [9.17, 15) is 4.79 Å². The van der Waals surface area contributed by atoms with Crippen LogP contribution >= 0.6 is 11.6 Å². The maximum Gasteiger partial charge on any atom is 0.243 e. The number of fused-ring (bicyclic) bond motifs is 1. The number of nitrogens with zero attached hydrogens (tertiary/aromatic N) is 4. The van der Waals surface area contributed by atoms with Crippen molar-refractivity contribution in [2.24, 2.45) is 5.73 Å². The zero-order valence-corrected chi connectivity index (χ0v) is 20.8. The Kier molecular flexibility index (Phi) is 6.42. The van der Waals surface area contributed by atoms with E-state index in [0.29, 0.717) is 30.4 Å². The van der Waals surface area contributed by atoms with Crippen LogP contribution in [0.1, 0.15) is 37.1 Å². The van der Waals surface area contributed by atoms with E-state index >= 15 is 0 Å². The lowest BCUT2D eigenvalue weighted by Gasteiger charge is -2.44. The highest BCUT2D eigenvalue weighted by atomic mass is 35.5. The molecule has 1 amide bonds. The molecule has 5 rings (SSSR count). The monoisotopic (exact) mass is 495 g/mol. The van der Waals surface area contributed by atoms with Crippen LogP contribution in [0.5, 0.6) is 11.5 Å². The van der Waals surface area contributed by atoms with Crippen LogP contribution in [0.25, 0.3) is 11.4 Å². The summed E-state index contributed by atoms with van der Waals surface area (Å²) in [6, 6.07) is 13.8. The molecule has 8 nitrogen and oxygen atoms in total. The van der Waals surface area contributed by atoms with Crippen LogP contribution in [0.2, 0.25) is 5.02 Å². The summed E-state index contributed by atoms with van der Waals surface area (Å²) in [5.41, 5.74) is 8.19. The molecular formula is C26H30ClN5O3. The molecule has 1 aliphatic heterocycles. The summed E-state index contributed by atoms with van der Waals surface area (Å²) in [5, 5.41) is 9.56. The van der Waals surface area contributed by atoms with Crippen molar-refractivity contribution in [3.8, 4) is 22.9 Å². The predicted molar refractivity (Wildman–Crippen MR) is 134 cm³/mol. The SMILES string of the molecule is COc1ccc(-c2nnc3n2CC(=O)N([C@H]2CC[C@@](CN)(c4cccc(Cl)c4)CC2)C3)cc1OC. The Balaban J connectivity index is 1.33. The van der Waals surface area contributed by atoms with Crippen molar-refractivity contribution in [1.82, 2.24) is 19.7 Å². The Bertz CT molecular complexity index is 1240. The molecule has 1 fully saturated rings. The van der Waals surface area contributed by atoms with Gasteiger partial charge >= 0.3 is 0 Å². The fraction of sp³-hybridized carbons (Fsp3) is 0.423. The van der Waals surface area contributed by atoms with E-state index in [4.69, 9.17) is 26.8 Å². The molecule has 2 N–H and O–H groups in total. The average Bonchev–Trinajstić information content (AvgIpc) is 3.30. The van der Waals surface area contributed by atoms with Gasteiger partial charge in [-0.3, -0.25) is 9.36 Å². The molecule has 184 valence electrons. The smallest absolute Gasteiger partial charge is 0.243 e. The molecule has 0 bridgehead atoms. The lowest BCUT2D eigenvalue weighted by molar-refractivity contribution is -0.137. The van der Waals surface area contributed by atoms with Gasteiger partial charge in [-0.05, 0) is 61.6 Å². The third-order valence-corrected chi connectivity index (χ3v) is 7.81.